The molecule has 4 rings (SSSR count). The number of rotatable bonds is 4. The van der Waals surface area contributed by atoms with Gasteiger partial charge in [-0.3, -0.25) is 4.98 Å². The normalized spacial score (nSPS) is 11.9. The molecule has 4 aromatic rings. The van der Waals surface area contributed by atoms with Crippen molar-refractivity contribution in [2.75, 3.05) is 0 Å². The molecule has 0 spiro atoms. The summed E-state index contributed by atoms with van der Waals surface area (Å²) in [5.41, 5.74) is 3.20. The molecule has 0 amide bonds. The van der Waals surface area contributed by atoms with E-state index in [0.717, 1.165) is 16.6 Å². The Morgan fingerprint density at radius 3 is 2.63 bits per heavy atom. The molecule has 4 aromatic heterocycles. The van der Waals surface area contributed by atoms with E-state index >= 15 is 0 Å². The van der Waals surface area contributed by atoms with E-state index in [9.17, 15) is 0 Å². The lowest BCUT2D eigenvalue weighted by Gasteiger charge is -2.18. The highest BCUT2D eigenvalue weighted by Gasteiger charge is 2.28. The van der Waals surface area contributed by atoms with Gasteiger partial charge in [-0.15, -0.1) is 10.2 Å². The lowest BCUT2D eigenvalue weighted by atomic mass is 9.88. The predicted octanol–water partition coefficient (Wildman–Crippen LogP) is 3.36. The van der Waals surface area contributed by atoms with Gasteiger partial charge in [-0.05, 0) is 30.0 Å². The van der Waals surface area contributed by atoms with Crippen LogP contribution in [0.5, 0.6) is 5.88 Å². The van der Waals surface area contributed by atoms with E-state index in [1.54, 1.807) is 29.2 Å². The first-order chi connectivity index (χ1) is 12.9. The Morgan fingerprint density at radius 2 is 1.96 bits per heavy atom. The van der Waals surface area contributed by atoms with Gasteiger partial charge < -0.3 is 9.26 Å². The third-order valence-electron chi connectivity index (χ3n) is 4.15. The fraction of sp³-hybridized carbons (Fsp3) is 0.316. The molecule has 0 aliphatic carbocycles. The number of nitrogens with zero attached hydrogens (tertiary/aromatic N) is 6. The molecule has 0 N–H and O–H groups in total. The average Bonchev–Trinajstić information content (AvgIpc) is 3.23. The number of ether oxygens (including phenoxy) is 1. The Hall–Kier alpha value is -3.29. The van der Waals surface area contributed by atoms with Crippen LogP contribution in [0, 0.1) is 6.92 Å². The third-order valence-corrected chi connectivity index (χ3v) is 4.15. The highest BCUT2D eigenvalue weighted by molar-refractivity contribution is 5.64. The first kappa shape index (κ1) is 17.1. The number of hydrogen-bond donors (Lipinski definition) is 0. The molecule has 0 saturated carbocycles. The van der Waals surface area contributed by atoms with E-state index < -0.39 is 0 Å². The Balaban J connectivity index is 1.82. The summed E-state index contributed by atoms with van der Waals surface area (Å²) in [6.45, 7) is 8.57. The van der Waals surface area contributed by atoms with E-state index in [0.29, 0.717) is 29.8 Å². The van der Waals surface area contributed by atoms with Crippen LogP contribution in [0.2, 0.25) is 0 Å². The number of aryl methyl sites for hydroxylation is 1. The second kappa shape index (κ2) is 6.46. The molecule has 27 heavy (non-hydrogen) atoms. The molecule has 0 saturated heterocycles. The van der Waals surface area contributed by atoms with Crippen molar-refractivity contribution in [3.8, 4) is 17.4 Å². The summed E-state index contributed by atoms with van der Waals surface area (Å²) in [7, 11) is 0. The lowest BCUT2D eigenvalue weighted by Crippen LogP contribution is -2.13. The maximum absolute atomic E-state index is 6.07. The van der Waals surface area contributed by atoms with E-state index in [2.05, 4.69) is 46.2 Å². The highest BCUT2D eigenvalue weighted by atomic mass is 16.5. The quantitative estimate of drug-likeness (QED) is 0.548. The Morgan fingerprint density at radius 1 is 1.19 bits per heavy atom. The van der Waals surface area contributed by atoms with Crippen molar-refractivity contribution in [2.24, 2.45) is 0 Å². The van der Waals surface area contributed by atoms with Crippen LogP contribution in [0.3, 0.4) is 0 Å². The molecule has 0 bridgehead atoms. The van der Waals surface area contributed by atoms with Crippen LogP contribution in [0.25, 0.3) is 17.0 Å². The Kier molecular flexibility index (Phi) is 4.10. The van der Waals surface area contributed by atoms with Gasteiger partial charge in [-0.1, -0.05) is 25.9 Å². The molecule has 138 valence electrons. The highest BCUT2D eigenvalue weighted by Crippen LogP contribution is 2.35. The largest absolute Gasteiger partial charge is 0.472 e. The molecule has 0 aromatic carbocycles. The second-order valence-corrected chi connectivity index (χ2v) is 7.36. The maximum Gasteiger partial charge on any atom is 0.238 e. The molecule has 0 unspecified atom stereocenters. The molecule has 8 nitrogen and oxygen atoms in total. The topological polar surface area (TPSA) is 91.2 Å². The summed E-state index contributed by atoms with van der Waals surface area (Å²) in [6.07, 6.45) is 5.18. The first-order valence-electron chi connectivity index (χ1n) is 8.64. The van der Waals surface area contributed by atoms with Crippen LogP contribution in [0.1, 0.15) is 37.7 Å². The molecule has 0 aliphatic heterocycles. The minimum atomic E-state index is -0.199. The first-order valence-corrected chi connectivity index (χ1v) is 8.64. The van der Waals surface area contributed by atoms with E-state index in [-0.39, 0.29) is 5.41 Å². The molecule has 0 fully saturated rings. The fourth-order valence-electron chi connectivity index (χ4n) is 2.94. The molecular weight excluding hydrogens is 344 g/mol. The SMILES string of the molecule is Cc1cc(-c2nncc3c(C(C)(C)C)c(OCc4ccncc4)nn23)no1. The molecule has 8 heteroatoms. The summed E-state index contributed by atoms with van der Waals surface area (Å²) in [6, 6.07) is 5.64. The minimum absolute atomic E-state index is 0.199. The van der Waals surface area contributed by atoms with Crippen molar-refractivity contribution in [2.45, 2.75) is 39.7 Å². The number of hydrogen-bond acceptors (Lipinski definition) is 7. The van der Waals surface area contributed by atoms with Crippen molar-refractivity contribution in [1.82, 2.24) is 30.0 Å². The van der Waals surface area contributed by atoms with Crippen LogP contribution in [-0.2, 0) is 12.0 Å². The summed E-state index contributed by atoms with van der Waals surface area (Å²) in [5, 5.41) is 17.1. The predicted molar refractivity (Wildman–Crippen MR) is 98.3 cm³/mol. The molecule has 4 heterocycles. The van der Waals surface area contributed by atoms with Gasteiger partial charge in [0, 0.05) is 24.0 Å². The van der Waals surface area contributed by atoms with Gasteiger partial charge in [0.25, 0.3) is 0 Å². The molecular formula is C19H20N6O2. The Bertz CT molecular complexity index is 1080. The lowest BCUT2D eigenvalue weighted by molar-refractivity contribution is 0.285. The summed E-state index contributed by atoms with van der Waals surface area (Å²) in [5.74, 6) is 1.75. The van der Waals surface area contributed by atoms with Crippen LogP contribution in [0.15, 0.2) is 41.3 Å². The summed E-state index contributed by atoms with van der Waals surface area (Å²) < 4.78 is 13.0. The summed E-state index contributed by atoms with van der Waals surface area (Å²) >= 11 is 0. The van der Waals surface area contributed by atoms with Crippen molar-refractivity contribution >= 4 is 5.52 Å². The zero-order chi connectivity index (χ0) is 19.0. The zero-order valence-corrected chi connectivity index (χ0v) is 15.7. The summed E-state index contributed by atoms with van der Waals surface area (Å²) in [4.78, 5) is 4.03. The monoisotopic (exact) mass is 364 g/mol. The Labute approximate surface area is 156 Å². The van der Waals surface area contributed by atoms with E-state index in [1.807, 2.05) is 19.1 Å². The molecule has 0 radical (unpaired) electrons. The van der Waals surface area contributed by atoms with Gasteiger partial charge in [0.05, 0.1) is 11.7 Å². The van der Waals surface area contributed by atoms with Gasteiger partial charge >= 0.3 is 0 Å². The van der Waals surface area contributed by atoms with Crippen molar-refractivity contribution in [1.29, 1.82) is 0 Å². The van der Waals surface area contributed by atoms with Gasteiger partial charge in [0.2, 0.25) is 11.7 Å². The number of pyridine rings is 1. The number of aromatic nitrogens is 6. The van der Waals surface area contributed by atoms with Crippen LogP contribution in [0.4, 0.5) is 0 Å². The van der Waals surface area contributed by atoms with Crippen LogP contribution in [-0.4, -0.2) is 30.0 Å². The minimum Gasteiger partial charge on any atom is -0.472 e. The van der Waals surface area contributed by atoms with Gasteiger partial charge in [-0.2, -0.15) is 5.10 Å². The van der Waals surface area contributed by atoms with Crippen molar-refractivity contribution < 1.29 is 9.26 Å². The number of fused-ring (bicyclic) bond motifs is 1. The molecule has 0 aliphatic rings. The van der Waals surface area contributed by atoms with Crippen molar-refractivity contribution in [3.05, 3.63) is 53.7 Å². The molecule has 0 atom stereocenters. The maximum atomic E-state index is 6.07. The average molecular weight is 364 g/mol. The smallest absolute Gasteiger partial charge is 0.238 e. The second-order valence-electron chi connectivity index (χ2n) is 7.36. The van der Waals surface area contributed by atoms with E-state index in [4.69, 9.17) is 9.26 Å². The third kappa shape index (κ3) is 3.25. The van der Waals surface area contributed by atoms with Gasteiger partial charge in [-0.25, -0.2) is 4.52 Å². The van der Waals surface area contributed by atoms with E-state index in [1.165, 1.54) is 0 Å². The van der Waals surface area contributed by atoms with Crippen LogP contribution < -0.4 is 4.74 Å². The van der Waals surface area contributed by atoms with Gasteiger partial charge in [0.1, 0.15) is 12.4 Å². The van der Waals surface area contributed by atoms with Crippen molar-refractivity contribution in [3.63, 3.8) is 0 Å². The standard InChI is InChI=1S/C19H20N6O2/c1-12-9-14(24-27-12)17-22-21-10-15-16(19(2,3)4)18(23-25(15)17)26-11-13-5-7-20-8-6-13/h5-10H,11H2,1-4H3. The zero-order valence-electron chi connectivity index (χ0n) is 15.7. The van der Waals surface area contributed by atoms with Crippen LogP contribution >= 0.6 is 0 Å². The van der Waals surface area contributed by atoms with Gasteiger partial charge in [0.15, 0.2) is 5.69 Å². The fourth-order valence-corrected chi connectivity index (χ4v) is 2.94.